The highest BCUT2D eigenvalue weighted by molar-refractivity contribution is 5.97. The number of nitrogens with zero attached hydrogens (tertiary/aromatic N) is 4. The van der Waals surface area contributed by atoms with E-state index in [9.17, 15) is 4.79 Å². The van der Waals surface area contributed by atoms with E-state index in [1.54, 1.807) is 12.4 Å². The lowest BCUT2D eigenvalue weighted by molar-refractivity contribution is 0.0946. The summed E-state index contributed by atoms with van der Waals surface area (Å²) in [4.78, 5) is 25.0. The average molecular weight is 305 g/mol. The van der Waals surface area contributed by atoms with Crippen molar-refractivity contribution in [3.05, 3.63) is 59.8 Å². The van der Waals surface area contributed by atoms with Gasteiger partial charge in [-0.3, -0.25) is 9.36 Å². The van der Waals surface area contributed by atoms with E-state index >= 15 is 0 Å². The fourth-order valence-corrected chi connectivity index (χ4v) is 2.83. The van der Waals surface area contributed by atoms with E-state index in [1.807, 2.05) is 42.0 Å². The zero-order valence-electron chi connectivity index (χ0n) is 12.7. The molecule has 4 rings (SSSR count). The summed E-state index contributed by atoms with van der Waals surface area (Å²) >= 11 is 0. The van der Waals surface area contributed by atoms with Crippen molar-refractivity contribution in [2.45, 2.75) is 13.3 Å². The van der Waals surface area contributed by atoms with Crippen molar-refractivity contribution in [3.8, 4) is 17.2 Å². The molecule has 0 bridgehead atoms. The maximum absolute atomic E-state index is 12.1. The zero-order chi connectivity index (χ0) is 15.8. The van der Waals surface area contributed by atoms with E-state index in [0.717, 1.165) is 34.8 Å². The number of fused-ring (bicyclic) bond motifs is 1. The predicted molar refractivity (Wildman–Crippen MR) is 85.4 cm³/mol. The first-order valence-electron chi connectivity index (χ1n) is 7.47. The molecule has 0 aliphatic carbocycles. The fourth-order valence-electron chi connectivity index (χ4n) is 2.83. The number of amides is 1. The summed E-state index contributed by atoms with van der Waals surface area (Å²) in [5.74, 6) is 1.40. The SMILES string of the molecule is Cc1nccc(-c2nccn2-c2ccc3c(c2)C(=O)NCC3)n1. The van der Waals surface area contributed by atoms with Gasteiger partial charge in [0, 0.05) is 36.4 Å². The van der Waals surface area contributed by atoms with E-state index in [4.69, 9.17) is 0 Å². The third kappa shape index (κ3) is 2.38. The van der Waals surface area contributed by atoms with Crippen LogP contribution >= 0.6 is 0 Å². The van der Waals surface area contributed by atoms with Crippen LogP contribution in [0, 0.1) is 6.92 Å². The number of benzene rings is 1. The van der Waals surface area contributed by atoms with Crippen LogP contribution in [0.4, 0.5) is 0 Å². The second-order valence-corrected chi connectivity index (χ2v) is 5.46. The molecule has 6 heteroatoms. The molecule has 0 radical (unpaired) electrons. The van der Waals surface area contributed by atoms with E-state index in [0.29, 0.717) is 12.4 Å². The lowest BCUT2D eigenvalue weighted by atomic mass is 10.00. The first-order valence-corrected chi connectivity index (χ1v) is 7.47. The Kier molecular flexibility index (Phi) is 3.15. The van der Waals surface area contributed by atoms with Crippen molar-refractivity contribution in [2.75, 3.05) is 6.54 Å². The lowest BCUT2D eigenvalue weighted by Crippen LogP contribution is -2.31. The van der Waals surface area contributed by atoms with Crippen LogP contribution in [-0.4, -0.2) is 32.0 Å². The summed E-state index contributed by atoms with van der Waals surface area (Å²) in [6.45, 7) is 2.54. The van der Waals surface area contributed by atoms with Crippen LogP contribution in [-0.2, 0) is 6.42 Å². The molecule has 1 aliphatic heterocycles. The van der Waals surface area contributed by atoms with E-state index in [-0.39, 0.29) is 5.91 Å². The molecular weight excluding hydrogens is 290 g/mol. The van der Waals surface area contributed by atoms with Crippen molar-refractivity contribution < 1.29 is 4.79 Å². The standard InChI is InChI=1S/C17H15N5O/c1-11-18-7-5-15(21-11)16-19-8-9-22(16)13-3-2-12-4-6-20-17(23)14(12)10-13/h2-3,5,7-10H,4,6H2,1H3,(H,20,23). The Morgan fingerprint density at radius 1 is 1.17 bits per heavy atom. The number of carbonyl (C=O) groups excluding carboxylic acids is 1. The van der Waals surface area contributed by atoms with E-state index in [1.165, 1.54) is 0 Å². The number of aryl methyl sites for hydroxylation is 1. The molecule has 1 amide bonds. The Hall–Kier alpha value is -3.02. The molecule has 6 nitrogen and oxygen atoms in total. The van der Waals surface area contributed by atoms with E-state index in [2.05, 4.69) is 20.3 Å². The van der Waals surface area contributed by atoms with Crippen molar-refractivity contribution in [3.63, 3.8) is 0 Å². The molecular formula is C17H15N5O. The monoisotopic (exact) mass is 305 g/mol. The summed E-state index contributed by atoms with van der Waals surface area (Å²) in [6, 6.07) is 7.76. The number of hydrogen-bond donors (Lipinski definition) is 1. The van der Waals surface area contributed by atoms with E-state index < -0.39 is 0 Å². The van der Waals surface area contributed by atoms with Gasteiger partial charge in [-0.05, 0) is 37.1 Å². The van der Waals surface area contributed by atoms with Crippen molar-refractivity contribution in [1.29, 1.82) is 0 Å². The van der Waals surface area contributed by atoms with Crippen LogP contribution < -0.4 is 5.32 Å². The van der Waals surface area contributed by atoms with Crippen LogP contribution in [0.15, 0.2) is 42.9 Å². The van der Waals surface area contributed by atoms with Gasteiger partial charge in [0.1, 0.15) is 11.5 Å². The molecule has 0 saturated carbocycles. The Morgan fingerprint density at radius 3 is 2.96 bits per heavy atom. The van der Waals surface area contributed by atoms with Gasteiger partial charge in [0.15, 0.2) is 5.82 Å². The number of hydrogen-bond acceptors (Lipinski definition) is 4. The Labute approximate surface area is 133 Å². The van der Waals surface area contributed by atoms with Crippen LogP contribution in [0.25, 0.3) is 17.2 Å². The minimum absolute atomic E-state index is 0.0207. The summed E-state index contributed by atoms with van der Waals surface area (Å²) < 4.78 is 1.93. The number of aromatic nitrogens is 4. The largest absolute Gasteiger partial charge is 0.352 e. The number of imidazole rings is 1. The number of carbonyl (C=O) groups is 1. The molecule has 0 spiro atoms. The molecule has 0 atom stereocenters. The zero-order valence-corrected chi connectivity index (χ0v) is 12.7. The van der Waals surface area contributed by atoms with Gasteiger partial charge in [0.25, 0.3) is 5.91 Å². The van der Waals surface area contributed by atoms with Crippen molar-refractivity contribution in [1.82, 2.24) is 24.8 Å². The molecule has 114 valence electrons. The van der Waals surface area contributed by atoms with Crippen LogP contribution in [0.3, 0.4) is 0 Å². The summed E-state index contributed by atoms with van der Waals surface area (Å²) in [5, 5.41) is 2.88. The third-order valence-corrected chi connectivity index (χ3v) is 3.94. The normalized spacial score (nSPS) is 13.5. The maximum atomic E-state index is 12.1. The Balaban J connectivity index is 1.82. The minimum atomic E-state index is -0.0207. The molecule has 1 aliphatic rings. The predicted octanol–water partition coefficient (Wildman–Crippen LogP) is 1.92. The lowest BCUT2D eigenvalue weighted by Gasteiger charge is -2.18. The van der Waals surface area contributed by atoms with Gasteiger partial charge in [-0.2, -0.15) is 0 Å². The summed E-state index contributed by atoms with van der Waals surface area (Å²) in [6.07, 6.45) is 6.18. The summed E-state index contributed by atoms with van der Waals surface area (Å²) in [5.41, 5.74) is 3.46. The quantitative estimate of drug-likeness (QED) is 0.785. The van der Waals surface area contributed by atoms with Gasteiger partial charge >= 0.3 is 0 Å². The molecule has 23 heavy (non-hydrogen) atoms. The molecule has 0 saturated heterocycles. The molecule has 2 aromatic heterocycles. The highest BCUT2D eigenvalue weighted by atomic mass is 16.1. The van der Waals surface area contributed by atoms with Crippen LogP contribution in [0.2, 0.25) is 0 Å². The second kappa shape index (κ2) is 5.31. The highest BCUT2D eigenvalue weighted by Crippen LogP contribution is 2.23. The van der Waals surface area contributed by atoms with Gasteiger partial charge in [0.05, 0.1) is 0 Å². The van der Waals surface area contributed by atoms with Gasteiger partial charge in [-0.15, -0.1) is 0 Å². The minimum Gasteiger partial charge on any atom is -0.352 e. The number of nitrogens with one attached hydrogen (secondary N) is 1. The molecule has 0 unspecified atom stereocenters. The molecule has 1 aromatic carbocycles. The third-order valence-electron chi connectivity index (χ3n) is 3.94. The first kappa shape index (κ1) is 13.6. The van der Waals surface area contributed by atoms with Gasteiger partial charge < -0.3 is 5.32 Å². The summed E-state index contributed by atoms with van der Waals surface area (Å²) in [7, 11) is 0. The topological polar surface area (TPSA) is 72.7 Å². The molecule has 3 aromatic rings. The Bertz CT molecular complexity index is 900. The van der Waals surface area contributed by atoms with Crippen molar-refractivity contribution >= 4 is 5.91 Å². The fraction of sp³-hybridized carbons (Fsp3) is 0.176. The second-order valence-electron chi connectivity index (χ2n) is 5.46. The smallest absolute Gasteiger partial charge is 0.251 e. The van der Waals surface area contributed by atoms with Crippen LogP contribution in [0.5, 0.6) is 0 Å². The molecule has 1 N–H and O–H groups in total. The first-order chi connectivity index (χ1) is 11.2. The number of rotatable bonds is 2. The molecule has 3 heterocycles. The van der Waals surface area contributed by atoms with Gasteiger partial charge in [-0.25, -0.2) is 15.0 Å². The van der Waals surface area contributed by atoms with Gasteiger partial charge in [-0.1, -0.05) is 6.07 Å². The highest BCUT2D eigenvalue weighted by Gasteiger charge is 2.18. The van der Waals surface area contributed by atoms with Crippen LogP contribution in [0.1, 0.15) is 21.7 Å². The van der Waals surface area contributed by atoms with Crippen molar-refractivity contribution in [2.24, 2.45) is 0 Å². The maximum Gasteiger partial charge on any atom is 0.251 e. The van der Waals surface area contributed by atoms with Gasteiger partial charge in [0.2, 0.25) is 0 Å². The average Bonchev–Trinajstić information content (AvgIpc) is 3.05. The molecule has 0 fully saturated rings. The Morgan fingerprint density at radius 2 is 2.09 bits per heavy atom.